The van der Waals surface area contributed by atoms with E-state index < -0.39 is 16.1 Å². The number of amides is 2. The van der Waals surface area contributed by atoms with Crippen LogP contribution in [0.25, 0.3) is 0 Å². The molecule has 0 spiro atoms. The number of carbonyl (C=O) groups is 2. The third-order valence-corrected chi connectivity index (χ3v) is 8.09. The molecule has 0 radical (unpaired) electrons. The van der Waals surface area contributed by atoms with Crippen molar-refractivity contribution in [3.8, 4) is 5.75 Å². The first kappa shape index (κ1) is 30.8. The summed E-state index contributed by atoms with van der Waals surface area (Å²) >= 11 is 0. The number of ether oxygens (including phenoxy) is 1. The van der Waals surface area contributed by atoms with Gasteiger partial charge in [-0.25, -0.2) is 13.1 Å². The van der Waals surface area contributed by atoms with E-state index in [0.29, 0.717) is 25.3 Å². The molecule has 9 heteroatoms. The fourth-order valence-electron chi connectivity index (χ4n) is 4.35. The van der Waals surface area contributed by atoms with Crippen molar-refractivity contribution in [3.63, 3.8) is 0 Å². The minimum absolute atomic E-state index is 0.154. The molecule has 0 heterocycles. The van der Waals surface area contributed by atoms with Crippen LogP contribution in [0.1, 0.15) is 55.8 Å². The van der Waals surface area contributed by atoms with Gasteiger partial charge in [0.1, 0.15) is 11.8 Å². The summed E-state index contributed by atoms with van der Waals surface area (Å²) in [7, 11) is -1.95. The molecule has 0 fully saturated rings. The van der Waals surface area contributed by atoms with Gasteiger partial charge in [-0.1, -0.05) is 74.9 Å². The summed E-state index contributed by atoms with van der Waals surface area (Å²) in [5.41, 5.74) is 2.43. The predicted molar refractivity (Wildman–Crippen MR) is 156 cm³/mol. The zero-order valence-electron chi connectivity index (χ0n) is 23.4. The Balaban J connectivity index is 1.88. The Kier molecular flexibility index (Phi) is 11.7. The summed E-state index contributed by atoms with van der Waals surface area (Å²) in [6.45, 7) is 4.86. The van der Waals surface area contributed by atoms with Crippen molar-refractivity contribution in [1.82, 2.24) is 14.9 Å². The second kappa shape index (κ2) is 15.2. The van der Waals surface area contributed by atoms with Crippen LogP contribution in [0, 0.1) is 0 Å². The molecule has 0 aromatic heterocycles. The number of benzene rings is 3. The topological polar surface area (TPSA) is 105 Å². The number of aryl methyl sites for hydroxylation is 1. The molecule has 3 aromatic carbocycles. The van der Waals surface area contributed by atoms with Crippen LogP contribution in [0.15, 0.2) is 83.8 Å². The molecule has 0 aliphatic carbocycles. The highest BCUT2D eigenvalue weighted by Crippen LogP contribution is 2.26. The molecule has 0 aliphatic heterocycles. The van der Waals surface area contributed by atoms with Gasteiger partial charge in [0, 0.05) is 26.1 Å². The summed E-state index contributed by atoms with van der Waals surface area (Å²) in [5, 5.41) is 3.01. The summed E-state index contributed by atoms with van der Waals surface area (Å²) < 4.78 is 32.3. The molecule has 0 saturated heterocycles. The monoisotopic (exact) mass is 565 g/mol. The second-order valence-electron chi connectivity index (χ2n) is 9.47. The lowest BCUT2D eigenvalue weighted by molar-refractivity contribution is -0.141. The average molecular weight is 566 g/mol. The van der Waals surface area contributed by atoms with Gasteiger partial charge in [0.15, 0.2) is 0 Å². The lowest BCUT2D eigenvalue weighted by Gasteiger charge is -2.32. The number of hydrogen-bond acceptors (Lipinski definition) is 5. The van der Waals surface area contributed by atoms with Crippen molar-refractivity contribution >= 4 is 21.8 Å². The van der Waals surface area contributed by atoms with Gasteiger partial charge in [-0.2, -0.15) is 0 Å². The van der Waals surface area contributed by atoms with Gasteiger partial charge < -0.3 is 15.0 Å². The van der Waals surface area contributed by atoms with Crippen LogP contribution in [0.3, 0.4) is 0 Å². The van der Waals surface area contributed by atoms with Crippen molar-refractivity contribution < 1.29 is 22.7 Å². The summed E-state index contributed by atoms with van der Waals surface area (Å²) in [5.74, 6) is 0.303. The maximum Gasteiger partial charge on any atom is 0.247 e. The molecular formula is C31H39N3O5S. The van der Waals surface area contributed by atoms with Gasteiger partial charge >= 0.3 is 0 Å². The Morgan fingerprint density at radius 3 is 2.15 bits per heavy atom. The third-order valence-electron chi connectivity index (χ3n) is 6.53. The smallest absolute Gasteiger partial charge is 0.247 e. The fourth-order valence-corrected chi connectivity index (χ4v) is 5.39. The first-order valence-corrected chi connectivity index (χ1v) is 15.1. The molecule has 3 aromatic rings. The van der Waals surface area contributed by atoms with E-state index in [4.69, 9.17) is 4.74 Å². The molecule has 8 nitrogen and oxygen atoms in total. The van der Waals surface area contributed by atoms with Crippen molar-refractivity contribution in [1.29, 1.82) is 0 Å². The summed E-state index contributed by atoms with van der Waals surface area (Å²) in [6.07, 6.45) is 2.35. The highest BCUT2D eigenvalue weighted by atomic mass is 32.2. The quantitative estimate of drug-likeness (QED) is 0.262. The van der Waals surface area contributed by atoms with E-state index in [1.54, 1.807) is 43.2 Å². The lowest BCUT2D eigenvalue weighted by Crippen LogP contribution is -2.43. The van der Waals surface area contributed by atoms with Crippen LogP contribution in [0.4, 0.5) is 0 Å². The summed E-state index contributed by atoms with van der Waals surface area (Å²) in [4.78, 5) is 29.2. The van der Waals surface area contributed by atoms with Crippen LogP contribution in [0.2, 0.25) is 0 Å². The molecule has 2 amide bonds. The predicted octanol–water partition coefficient (Wildman–Crippen LogP) is 4.61. The molecular weight excluding hydrogens is 526 g/mol. The standard InChI is InChI=1S/C31H39N3O5S/c1-4-6-22-32-31(36)30(26-10-8-7-9-11-26)34(23-25-12-17-27(39-3)18-13-25)29(35)21-16-24-14-19-28(20-15-24)40(37,38)33-5-2/h7-15,17-20,30,33H,4-6,16,21-23H2,1-3H3,(H,32,36). The first-order valence-electron chi connectivity index (χ1n) is 13.6. The second-order valence-corrected chi connectivity index (χ2v) is 11.2. The van der Waals surface area contributed by atoms with E-state index >= 15 is 0 Å². The van der Waals surface area contributed by atoms with Crippen LogP contribution in [0.5, 0.6) is 5.75 Å². The number of nitrogens with zero attached hydrogens (tertiary/aromatic N) is 1. The number of hydrogen-bond donors (Lipinski definition) is 2. The highest BCUT2D eigenvalue weighted by Gasteiger charge is 2.31. The number of rotatable bonds is 15. The third kappa shape index (κ3) is 8.66. The highest BCUT2D eigenvalue weighted by molar-refractivity contribution is 7.89. The number of sulfonamides is 1. The minimum Gasteiger partial charge on any atom is -0.497 e. The number of carbonyl (C=O) groups excluding carboxylic acids is 2. The SMILES string of the molecule is CCCCNC(=O)C(c1ccccc1)N(Cc1ccc(OC)cc1)C(=O)CCc1ccc(S(=O)(=O)NCC)cc1. The largest absolute Gasteiger partial charge is 0.497 e. The van der Waals surface area contributed by atoms with Crippen LogP contribution < -0.4 is 14.8 Å². The molecule has 1 atom stereocenters. The maximum absolute atomic E-state index is 13.8. The van der Waals surface area contributed by atoms with E-state index in [0.717, 1.165) is 29.5 Å². The van der Waals surface area contributed by atoms with Gasteiger partial charge in [0.2, 0.25) is 21.8 Å². The Labute approximate surface area is 237 Å². The Morgan fingerprint density at radius 1 is 0.900 bits per heavy atom. The molecule has 214 valence electrons. The van der Waals surface area contributed by atoms with Gasteiger partial charge in [-0.15, -0.1) is 0 Å². The molecule has 0 saturated carbocycles. The Bertz CT molecular complexity index is 1330. The van der Waals surface area contributed by atoms with E-state index in [1.807, 2.05) is 54.6 Å². The number of methoxy groups -OCH3 is 1. The number of nitrogens with one attached hydrogen (secondary N) is 2. The molecule has 2 N–H and O–H groups in total. The van der Waals surface area contributed by atoms with Crippen LogP contribution >= 0.6 is 0 Å². The van der Waals surface area contributed by atoms with Gasteiger partial charge in [-0.05, 0) is 53.8 Å². The van der Waals surface area contributed by atoms with Crippen LogP contribution in [-0.2, 0) is 32.6 Å². The van der Waals surface area contributed by atoms with E-state index in [9.17, 15) is 18.0 Å². The normalized spacial score (nSPS) is 12.0. The summed E-state index contributed by atoms with van der Waals surface area (Å²) in [6, 6.07) is 22.5. The van der Waals surface area contributed by atoms with E-state index in [2.05, 4.69) is 17.0 Å². The zero-order valence-corrected chi connectivity index (χ0v) is 24.2. The van der Waals surface area contributed by atoms with Gasteiger partial charge in [0.05, 0.1) is 12.0 Å². The van der Waals surface area contributed by atoms with Crippen molar-refractivity contribution in [2.45, 2.75) is 57.0 Å². The Hall–Kier alpha value is -3.69. The zero-order chi connectivity index (χ0) is 29.0. The lowest BCUT2D eigenvalue weighted by atomic mass is 10.0. The molecule has 3 rings (SSSR count). The molecule has 0 bridgehead atoms. The van der Waals surface area contributed by atoms with Gasteiger partial charge in [-0.3, -0.25) is 9.59 Å². The number of unbranched alkanes of at least 4 members (excludes halogenated alkanes) is 1. The molecule has 1 unspecified atom stereocenters. The van der Waals surface area contributed by atoms with Crippen molar-refractivity contribution in [3.05, 3.63) is 95.6 Å². The average Bonchev–Trinajstić information content (AvgIpc) is 2.97. The Morgan fingerprint density at radius 2 is 1.55 bits per heavy atom. The molecule has 0 aliphatic rings. The van der Waals surface area contributed by atoms with Crippen molar-refractivity contribution in [2.24, 2.45) is 0 Å². The first-order chi connectivity index (χ1) is 19.3. The van der Waals surface area contributed by atoms with E-state index in [-0.39, 0.29) is 29.7 Å². The molecule has 40 heavy (non-hydrogen) atoms. The van der Waals surface area contributed by atoms with Crippen LogP contribution in [-0.4, -0.2) is 45.3 Å². The fraction of sp³-hybridized carbons (Fsp3) is 0.355. The maximum atomic E-state index is 13.8. The van der Waals surface area contributed by atoms with Crippen molar-refractivity contribution in [2.75, 3.05) is 20.2 Å². The van der Waals surface area contributed by atoms with E-state index in [1.165, 1.54) is 0 Å². The minimum atomic E-state index is -3.55. The van der Waals surface area contributed by atoms with Gasteiger partial charge in [0.25, 0.3) is 0 Å².